The molecule has 2 aromatic carbocycles. The number of hydrogen-bond donors (Lipinski definition) is 2. The van der Waals surface area contributed by atoms with Crippen LogP contribution in [0.25, 0.3) is 10.8 Å². The van der Waals surface area contributed by atoms with Crippen LogP contribution in [0.5, 0.6) is 0 Å². The molecule has 0 radical (unpaired) electrons. The van der Waals surface area contributed by atoms with Gasteiger partial charge < -0.3 is 9.64 Å². The number of rotatable bonds is 5. The lowest BCUT2D eigenvalue weighted by atomic mass is 10.0. The van der Waals surface area contributed by atoms with Gasteiger partial charge in [0.1, 0.15) is 0 Å². The molecule has 0 atom stereocenters. The second-order valence-corrected chi connectivity index (χ2v) is 6.40. The fraction of sp³-hybridized carbons (Fsp3) is 0.350. The summed E-state index contributed by atoms with van der Waals surface area (Å²) in [7, 11) is 0. The smallest absolute Gasteiger partial charge is 0.242 e. The van der Waals surface area contributed by atoms with E-state index < -0.39 is 0 Å². The summed E-state index contributed by atoms with van der Waals surface area (Å²) in [4.78, 5) is 37.7. The molecule has 142 valence electrons. The standard InChI is InChI=1S/C20H23N3O4/c24-18(8-9-20(26)23-10-12-27-13-11-23)21-22-19(25)14-16-6-3-5-15-4-1-2-7-17(15)16/h1-7H,8-14H2,(H,21,24)(H,22,25). The van der Waals surface area contributed by atoms with Crippen molar-refractivity contribution in [2.45, 2.75) is 19.3 Å². The number of benzene rings is 2. The van der Waals surface area contributed by atoms with Crippen molar-refractivity contribution in [1.82, 2.24) is 15.8 Å². The zero-order valence-corrected chi connectivity index (χ0v) is 15.1. The number of nitrogens with one attached hydrogen (secondary N) is 2. The maximum absolute atomic E-state index is 12.1. The minimum Gasteiger partial charge on any atom is -0.378 e. The topological polar surface area (TPSA) is 87.7 Å². The highest BCUT2D eigenvalue weighted by molar-refractivity contribution is 5.91. The number of morpholine rings is 1. The lowest BCUT2D eigenvalue weighted by molar-refractivity contribution is -0.137. The molecule has 0 saturated carbocycles. The first-order valence-corrected chi connectivity index (χ1v) is 9.03. The predicted molar refractivity (Wildman–Crippen MR) is 101 cm³/mol. The van der Waals surface area contributed by atoms with Gasteiger partial charge >= 0.3 is 0 Å². The van der Waals surface area contributed by atoms with E-state index in [0.717, 1.165) is 16.3 Å². The maximum atomic E-state index is 12.1. The molecule has 1 heterocycles. The van der Waals surface area contributed by atoms with Crippen LogP contribution in [0.2, 0.25) is 0 Å². The van der Waals surface area contributed by atoms with Crippen LogP contribution in [-0.2, 0) is 25.5 Å². The second kappa shape index (κ2) is 9.14. The van der Waals surface area contributed by atoms with Crippen LogP contribution in [0, 0.1) is 0 Å². The Hall–Kier alpha value is -2.93. The number of ether oxygens (including phenoxy) is 1. The summed E-state index contributed by atoms with van der Waals surface area (Å²) in [6, 6.07) is 13.6. The summed E-state index contributed by atoms with van der Waals surface area (Å²) in [5.41, 5.74) is 5.68. The molecule has 1 saturated heterocycles. The number of nitrogens with zero attached hydrogens (tertiary/aromatic N) is 1. The first-order valence-electron chi connectivity index (χ1n) is 9.03. The number of carbonyl (C=O) groups excluding carboxylic acids is 3. The van der Waals surface area contributed by atoms with Gasteiger partial charge in [-0.3, -0.25) is 25.2 Å². The van der Waals surface area contributed by atoms with E-state index in [-0.39, 0.29) is 37.0 Å². The van der Waals surface area contributed by atoms with Crippen LogP contribution in [0.1, 0.15) is 18.4 Å². The highest BCUT2D eigenvalue weighted by Crippen LogP contribution is 2.18. The monoisotopic (exact) mass is 369 g/mol. The molecule has 2 N–H and O–H groups in total. The Morgan fingerprint density at radius 1 is 0.889 bits per heavy atom. The van der Waals surface area contributed by atoms with Crippen molar-refractivity contribution in [2.75, 3.05) is 26.3 Å². The number of hydrazine groups is 1. The Kier molecular flexibility index (Phi) is 6.38. The second-order valence-electron chi connectivity index (χ2n) is 6.40. The molecule has 0 bridgehead atoms. The molecule has 1 aliphatic heterocycles. The number of amides is 3. The molecule has 2 aromatic rings. The van der Waals surface area contributed by atoms with Gasteiger partial charge in [-0.25, -0.2) is 0 Å². The van der Waals surface area contributed by atoms with Crippen LogP contribution in [0.15, 0.2) is 42.5 Å². The van der Waals surface area contributed by atoms with E-state index in [1.54, 1.807) is 4.90 Å². The molecule has 0 aliphatic carbocycles. The first kappa shape index (κ1) is 18.8. The molecule has 1 aliphatic rings. The van der Waals surface area contributed by atoms with E-state index in [9.17, 15) is 14.4 Å². The normalized spacial score (nSPS) is 14.0. The van der Waals surface area contributed by atoms with E-state index in [4.69, 9.17) is 4.74 Å². The Bertz CT molecular complexity index is 826. The average Bonchev–Trinajstić information content (AvgIpc) is 2.71. The van der Waals surface area contributed by atoms with Crippen LogP contribution >= 0.6 is 0 Å². The summed E-state index contributed by atoms with van der Waals surface area (Å²) >= 11 is 0. The lowest BCUT2D eigenvalue weighted by Gasteiger charge is -2.26. The third kappa shape index (κ3) is 5.27. The van der Waals surface area contributed by atoms with Crippen molar-refractivity contribution in [3.05, 3.63) is 48.0 Å². The van der Waals surface area contributed by atoms with Crippen molar-refractivity contribution in [2.24, 2.45) is 0 Å². The number of hydrogen-bond acceptors (Lipinski definition) is 4. The summed E-state index contributed by atoms with van der Waals surface area (Å²) < 4.78 is 5.20. The van der Waals surface area contributed by atoms with Gasteiger partial charge in [-0.05, 0) is 16.3 Å². The quantitative estimate of drug-likeness (QED) is 0.775. The van der Waals surface area contributed by atoms with Gasteiger partial charge in [0.15, 0.2) is 0 Å². The fourth-order valence-electron chi connectivity index (χ4n) is 3.06. The van der Waals surface area contributed by atoms with E-state index in [1.807, 2.05) is 42.5 Å². The highest BCUT2D eigenvalue weighted by atomic mass is 16.5. The Morgan fingerprint density at radius 2 is 1.59 bits per heavy atom. The van der Waals surface area contributed by atoms with E-state index in [2.05, 4.69) is 10.9 Å². The Labute approximate surface area is 157 Å². The van der Waals surface area contributed by atoms with E-state index >= 15 is 0 Å². The average molecular weight is 369 g/mol. The SMILES string of the molecule is O=C(CCC(=O)N1CCOCC1)NNC(=O)Cc1cccc2ccccc12. The number of carbonyl (C=O) groups is 3. The summed E-state index contributed by atoms with van der Waals surface area (Å²) in [5, 5.41) is 2.08. The molecule has 0 unspecified atom stereocenters. The van der Waals surface area contributed by atoms with Gasteiger partial charge in [0.25, 0.3) is 0 Å². The first-order chi connectivity index (χ1) is 13.1. The van der Waals surface area contributed by atoms with Crippen molar-refractivity contribution >= 4 is 28.5 Å². The maximum Gasteiger partial charge on any atom is 0.242 e. The Balaban J connectivity index is 1.43. The third-order valence-electron chi connectivity index (χ3n) is 4.50. The molecule has 7 nitrogen and oxygen atoms in total. The molecular weight excluding hydrogens is 346 g/mol. The zero-order valence-electron chi connectivity index (χ0n) is 15.1. The van der Waals surface area contributed by atoms with Crippen LogP contribution in [0.4, 0.5) is 0 Å². The predicted octanol–water partition coefficient (Wildman–Crippen LogP) is 1.17. The van der Waals surface area contributed by atoms with Crippen LogP contribution < -0.4 is 10.9 Å². The fourth-order valence-corrected chi connectivity index (χ4v) is 3.06. The minimum atomic E-state index is -0.386. The zero-order chi connectivity index (χ0) is 19.1. The minimum absolute atomic E-state index is 0.0325. The molecule has 3 rings (SSSR count). The van der Waals surface area contributed by atoms with Crippen molar-refractivity contribution < 1.29 is 19.1 Å². The molecule has 0 spiro atoms. The molecule has 1 fully saturated rings. The van der Waals surface area contributed by atoms with Gasteiger partial charge in [-0.2, -0.15) is 0 Å². The largest absolute Gasteiger partial charge is 0.378 e. The van der Waals surface area contributed by atoms with Crippen molar-refractivity contribution in [3.8, 4) is 0 Å². The summed E-state index contributed by atoms with van der Waals surface area (Å²) in [6.45, 7) is 2.18. The van der Waals surface area contributed by atoms with Crippen LogP contribution in [0.3, 0.4) is 0 Å². The summed E-state index contributed by atoms with van der Waals surface area (Å²) in [6.07, 6.45) is 0.310. The lowest BCUT2D eigenvalue weighted by Crippen LogP contribution is -2.44. The molecule has 0 aromatic heterocycles. The van der Waals surface area contributed by atoms with Crippen LogP contribution in [-0.4, -0.2) is 48.9 Å². The Morgan fingerprint density at radius 3 is 2.41 bits per heavy atom. The van der Waals surface area contributed by atoms with E-state index in [1.165, 1.54) is 0 Å². The van der Waals surface area contributed by atoms with Crippen molar-refractivity contribution in [3.63, 3.8) is 0 Å². The van der Waals surface area contributed by atoms with Gasteiger partial charge in [0.2, 0.25) is 17.7 Å². The van der Waals surface area contributed by atoms with Gasteiger partial charge in [0.05, 0.1) is 19.6 Å². The van der Waals surface area contributed by atoms with Gasteiger partial charge in [-0.15, -0.1) is 0 Å². The van der Waals surface area contributed by atoms with Crippen molar-refractivity contribution in [1.29, 1.82) is 0 Å². The number of fused-ring (bicyclic) bond motifs is 1. The molecular formula is C20H23N3O4. The summed E-state index contributed by atoms with van der Waals surface area (Å²) in [5.74, 6) is -0.766. The van der Waals surface area contributed by atoms with Gasteiger partial charge in [-0.1, -0.05) is 42.5 Å². The highest BCUT2D eigenvalue weighted by Gasteiger charge is 2.17. The molecule has 7 heteroatoms. The third-order valence-corrected chi connectivity index (χ3v) is 4.50. The van der Waals surface area contributed by atoms with Gasteiger partial charge in [0, 0.05) is 25.9 Å². The van der Waals surface area contributed by atoms with E-state index in [0.29, 0.717) is 26.3 Å². The molecule has 3 amide bonds. The molecule has 27 heavy (non-hydrogen) atoms.